The van der Waals surface area contributed by atoms with Gasteiger partial charge in [-0.3, -0.25) is 14.4 Å². The minimum Gasteiger partial charge on any atom is -0.497 e. The maximum atomic E-state index is 12.1. The molecule has 2 aromatic carbocycles. The lowest BCUT2D eigenvalue weighted by molar-refractivity contribution is -0.132. The van der Waals surface area contributed by atoms with Gasteiger partial charge in [0.1, 0.15) is 5.75 Å². The van der Waals surface area contributed by atoms with Crippen molar-refractivity contribution in [1.29, 1.82) is 0 Å². The van der Waals surface area contributed by atoms with Crippen LogP contribution in [0.25, 0.3) is 0 Å². The molecule has 2 rings (SSSR count). The summed E-state index contributed by atoms with van der Waals surface area (Å²) < 4.78 is 5.07. The van der Waals surface area contributed by atoms with E-state index in [1.165, 1.54) is 19.1 Å². The molecule has 7 heteroatoms. The number of ether oxygens (including phenoxy) is 1. The average Bonchev–Trinajstić information content (AvgIpc) is 2.67. The van der Waals surface area contributed by atoms with Crippen molar-refractivity contribution in [2.24, 2.45) is 0 Å². The molecule has 0 bridgehead atoms. The Hall–Kier alpha value is -3.35. The van der Waals surface area contributed by atoms with Crippen molar-refractivity contribution in [3.8, 4) is 5.75 Å². The van der Waals surface area contributed by atoms with Gasteiger partial charge < -0.3 is 20.3 Å². The van der Waals surface area contributed by atoms with Crippen LogP contribution in [0.15, 0.2) is 48.5 Å². The summed E-state index contributed by atoms with van der Waals surface area (Å²) in [7, 11) is 3.02. The molecule has 2 N–H and O–H groups in total. The van der Waals surface area contributed by atoms with Crippen LogP contribution in [0.2, 0.25) is 0 Å². The standard InChI is InChI=1S/C20H23N3O4/c1-14-7-9-16(10-8-14)22-18(24)13-23(2)19(25)12-21-20(26)15-5-4-6-17(11-15)27-3/h4-11H,12-13H2,1-3H3,(H,21,26)(H,22,24). The summed E-state index contributed by atoms with van der Waals surface area (Å²) in [6.45, 7) is 1.64. The lowest BCUT2D eigenvalue weighted by Crippen LogP contribution is -2.41. The molecule has 7 nitrogen and oxygen atoms in total. The number of benzene rings is 2. The van der Waals surface area contributed by atoms with Gasteiger partial charge in [0.25, 0.3) is 5.91 Å². The van der Waals surface area contributed by atoms with Gasteiger partial charge in [-0.25, -0.2) is 0 Å². The smallest absolute Gasteiger partial charge is 0.251 e. The number of likely N-dealkylation sites (N-methyl/N-ethyl adjacent to an activating group) is 1. The molecule has 0 aliphatic carbocycles. The number of nitrogens with one attached hydrogen (secondary N) is 2. The zero-order valence-electron chi connectivity index (χ0n) is 15.6. The highest BCUT2D eigenvalue weighted by molar-refractivity contribution is 5.98. The summed E-state index contributed by atoms with van der Waals surface area (Å²) in [5.41, 5.74) is 2.15. The average molecular weight is 369 g/mol. The van der Waals surface area contributed by atoms with Gasteiger partial charge in [-0.2, -0.15) is 0 Å². The van der Waals surface area contributed by atoms with E-state index in [2.05, 4.69) is 10.6 Å². The van der Waals surface area contributed by atoms with Crippen molar-refractivity contribution in [3.05, 3.63) is 59.7 Å². The second-order valence-corrected chi connectivity index (χ2v) is 6.08. The van der Waals surface area contributed by atoms with E-state index in [0.29, 0.717) is 17.0 Å². The first-order valence-electron chi connectivity index (χ1n) is 8.42. The number of methoxy groups -OCH3 is 1. The molecule has 2 aromatic rings. The number of carbonyl (C=O) groups excluding carboxylic acids is 3. The maximum Gasteiger partial charge on any atom is 0.251 e. The van der Waals surface area contributed by atoms with Crippen molar-refractivity contribution < 1.29 is 19.1 Å². The van der Waals surface area contributed by atoms with Crippen molar-refractivity contribution in [2.45, 2.75) is 6.92 Å². The van der Waals surface area contributed by atoms with Gasteiger partial charge in [0.05, 0.1) is 20.2 Å². The number of anilines is 1. The van der Waals surface area contributed by atoms with E-state index < -0.39 is 0 Å². The van der Waals surface area contributed by atoms with E-state index in [-0.39, 0.29) is 30.8 Å². The monoisotopic (exact) mass is 369 g/mol. The summed E-state index contributed by atoms with van der Waals surface area (Å²) in [4.78, 5) is 37.6. The van der Waals surface area contributed by atoms with E-state index in [1.54, 1.807) is 36.4 Å². The summed E-state index contributed by atoms with van der Waals surface area (Å²) in [6.07, 6.45) is 0. The molecule has 0 radical (unpaired) electrons. The van der Waals surface area contributed by atoms with E-state index in [4.69, 9.17) is 4.74 Å². The molecular weight excluding hydrogens is 346 g/mol. The van der Waals surface area contributed by atoms with Crippen LogP contribution in [-0.4, -0.2) is 49.9 Å². The molecule has 0 fully saturated rings. The van der Waals surface area contributed by atoms with Gasteiger partial charge in [-0.15, -0.1) is 0 Å². The highest BCUT2D eigenvalue weighted by Crippen LogP contribution is 2.12. The Balaban J connectivity index is 1.81. The Morgan fingerprint density at radius 1 is 1.07 bits per heavy atom. The van der Waals surface area contributed by atoms with Crippen LogP contribution < -0.4 is 15.4 Å². The number of nitrogens with zero attached hydrogens (tertiary/aromatic N) is 1. The summed E-state index contributed by atoms with van der Waals surface area (Å²) in [6, 6.07) is 14.0. The Morgan fingerprint density at radius 2 is 1.78 bits per heavy atom. The molecule has 142 valence electrons. The van der Waals surface area contributed by atoms with Gasteiger partial charge >= 0.3 is 0 Å². The van der Waals surface area contributed by atoms with E-state index in [0.717, 1.165) is 5.56 Å². The largest absolute Gasteiger partial charge is 0.497 e. The van der Waals surface area contributed by atoms with E-state index >= 15 is 0 Å². The van der Waals surface area contributed by atoms with Crippen LogP contribution in [0.1, 0.15) is 15.9 Å². The number of rotatable bonds is 7. The fourth-order valence-electron chi connectivity index (χ4n) is 2.30. The van der Waals surface area contributed by atoms with Crippen molar-refractivity contribution in [3.63, 3.8) is 0 Å². The molecular formula is C20H23N3O4. The first-order chi connectivity index (χ1) is 12.9. The molecule has 27 heavy (non-hydrogen) atoms. The number of hydrogen-bond acceptors (Lipinski definition) is 4. The third kappa shape index (κ3) is 6.14. The Bertz CT molecular complexity index is 818. The number of aryl methyl sites for hydroxylation is 1. The van der Waals surface area contributed by atoms with Gasteiger partial charge in [-0.05, 0) is 37.3 Å². The summed E-state index contributed by atoms with van der Waals surface area (Å²) in [5, 5.41) is 5.27. The van der Waals surface area contributed by atoms with Crippen LogP contribution in [0, 0.1) is 6.92 Å². The number of carbonyl (C=O) groups is 3. The number of amides is 3. The first kappa shape index (κ1) is 20.0. The zero-order chi connectivity index (χ0) is 19.8. The van der Waals surface area contributed by atoms with Crippen LogP contribution in [0.4, 0.5) is 5.69 Å². The fraction of sp³-hybridized carbons (Fsp3) is 0.250. The minimum atomic E-state index is -0.389. The summed E-state index contributed by atoms with van der Waals surface area (Å²) >= 11 is 0. The van der Waals surface area contributed by atoms with E-state index in [9.17, 15) is 14.4 Å². The molecule has 0 unspecified atom stereocenters. The van der Waals surface area contributed by atoms with Crippen molar-refractivity contribution in [1.82, 2.24) is 10.2 Å². The number of hydrogen-bond donors (Lipinski definition) is 2. The topological polar surface area (TPSA) is 87.7 Å². The molecule has 0 saturated carbocycles. The molecule has 0 heterocycles. The Morgan fingerprint density at radius 3 is 2.44 bits per heavy atom. The predicted octanol–water partition coefficient (Wildman–Crippen LogP) is 1.83. The summed E-state index contributed by atoms with van der Waals surface area (Å²) in [5.74, 6) is -0.516. The van der Waals surface area contributed by atoms with Crippen LogP contribution >= 0.6 is 0 Å². The van der Waals surface area contributed by atoms with Crippen LogP contribution in [0.5, 0.6) is 5.75 Å². The first-order valence-corrected chi connectivity index (χ1v) is 8.42. The molecule has 0 atom stereocenters. The molecule has 0 saturated heterocycles. The van der Waals surface area contributed by atoms with E-state index in [1.807, 2.05) is 19.1 Å². The molecule has 0 aliphatic heterocycles. The van der Waals surface area contributed by atoms with Crippen LogP contribution in [-0.2, 0) is 9.59 Å². The molecule has 0 aromatic heterocycles. The lowest BCUT2D eigenvalue weighted by atomic mass is 10.2. The van der Waals surface area contributed by atoms with Gasteiger partial charge in [0.2, 0.25) is 11.8 Å². The molecule has 3 amide bonds. The minimum absolute atomic E-state index is 0.109. The zero-order valence-corrected chi connectivity index (χ0v) is 15.6. The third-order valence-electron chi connectivity index (χ3n) is 3.87. The van der Waals surface area contributed by atoms with Crippen LogP contribution in [0.3, 0.4) is 0 Å². The highest BCUT2D eigenvalue weighted by atomic mass is 16.5. The lowest BCUT2D eigenvalue weighted by Gasteiger charge is -2.17. The Labute approximate surface area is 158 Å². The normalized spacial score (nSPS) is 10.0. The SMILES string of the molecule is COc1cccc(C(=O)NCC(=O)N(C)CC(=O)Nc2ccc(C)cc2)c1. The van der Waals surface area contributed by atoms with Gasteiger partial charge in [0.15, 0.2) is 0 Å². The highest BCUT2D eigenvalue weighted by Gasteiger charge is 2.15. The fourth-order valence-corrected chi connectivity index (χ4v) is 2.30. The second-order valence-electron chi connectivity index (χ2n) is 6.08. The quantitative estimate of drug-likeness (QED) is 0.779. The third-order valence-corrected chi connectivity index (χ3v) is 3.87. The Kier molecular flexibility index (Phi) is 6.93. The van der Waals surface area contributed by atoms with Gasteiger partial charge in [0, 0.05) is 18.3 Å². The maximum absolute atomic E-state index is 12.1. The predicted molar refractivity (Wildman–Crippen MR) is 103 cm³/mol. The van der Waals surface area contributed by atoms with Gasteiger partial charge in [-0.1, -0.05) is 23.8 Å². The van der Waals surface area contributed by atoms with Crippen molar-refractivity contribution >= 4 is 23.4 Å². The molecule has 0 aliphatic rings. The molecule has 0 spiro atoms. The van der Waals surface area contributed by atoms with Crippen molar-refractivity contribution in [2.75, 3.05) is 32.6 Å². The second kappa shape index (κ2) is 9.38.